The Balaban J connectivity index is 3.00. The van der Waals surface area contributed by atoms with Gasteiger partial charge in [-0.3, -0.25) is 0 Å². The van der Waals surface area contributed by atoms with E-state index in [0.717, 1.165) is 11.1 Å². The highest BCUT2D eigenvalue weighted by Gasteiger charge is 2.11. The molecule has 0 saturated heterocycles. The van der Waals surface area contributed by atoms with Crippen LogP contribution in [0.2, 0.25) is 10.0 Å². The summed E-state index contributed by atoms with van der Waals surface area (Å²) in [7, 11) is 0. The molecule has 2 aromatic rings. The molecule has 0 saturated carbocycles. The zero-order valence-electron chi connectivity index (χ0n) is 8.23. The molecule has 0 bridgehead atoms. The van der Waals surface area contributed by atoms with Gasteiger partial charge < -0.3 is 4.42 Å². The van der Waals surface area contributed by atoms with Crippen LogP contribution in [0.25, 0.3) is 11.0 Å². The van der Waals surface area contributed by atoms with Crippen molar-refractivity contribution in [2.75, 3.05) is 0 Å². The van der Waals surface area contributed by atoms with E-state index in [2.05, 4.69) is 0 Å². The van der Waals surface area contributed by atoms with Gasteiger partial charge in [-0.2, -0.15) is 0 Å². The second kappa shape index (κ2) is 3.54. The first-order valence-corrected chi connectivity index (χ1v) is 5.15. The van der Waals surface area contributed by atoms with Crippen molar-refractivity contribution in [1.29, 1.82) is 0 Å². The number of hydrogen-bond donors (Lipinski definition) is 0. The molecule has 0 aliphatic carbocycles. The Morgan fingerprint density at radius 1 is 1.07 bits per heavy atom. The van der Waals surface area contributed by atoms with Gasteiger partial charge in [-0.15, -0.1) is 0 Å². The molecular formula is C11H8Cl2O2. The van der Waals surface area contributed by atoms with E-state index in [4.69, 9.17) is 27.6 Å². The fraction of sp³-hybridized carbons (Fsp3) is 0.182. The summed E-state index contributed by atoms with van der Waals surface area (Å²) in [5.41, 5.74) is 1.99. The molecule has 0 N–H and O–H groups in total. The summed E-state index contributed by atoms with van der Waals surface area (Å²) in [6, 6.07) is 3.65. The Kier molecular flexibility index (Phi) is 2.49. The summed E-state index contributed by atoms with van der Waals surface area (Å²) in [4.78, 5) is 11.3. The van der Waals surface area contributed by atoms with Crippen molar-refractivity contribution in [2.24, 2.45) is 0 Å². The Bertz CT molecular complexity index is 600. The van der Waals surface area contributed by atoms with Crippen LogP contribution in [0.3, 0.4) is 0 Å². The smallest absolute Gasteiger partial charge is 0.356 e. The first kappa shape index (κ1) is 10.5. The van der Waals surface area contributed by atoms with Gasteiger partial charge in [-0.05, 0) is 37.1 Å². The molecule has 1 aromatic carbocycles. The summed E-state index contributed by atoms with van der Waals surface area (Å²) in [6.07, 6.45) is 0. The Labute approximate surface area is 96.4 Å². The van der Waals surface area contributed by atoms with Crippen molar-refractivity contribution in [3.8, 4) is 0 Å². The van der Waals surface area contributed by atoms with Gasteiger partial charge in [0.15, 0.2) is 0 Å². The zero-order chi connectivity index (χ0) is 11.2. The van der Waals surface area contributed by atoms with Crippen LogP contribution in [-0.2, 0) is 0 Å². The monoisotopic (exact) mass is 242 g/mol. The van der Waals surface area contributed by atoms with Crippen LogP contribution in [0.5, 0.6) is 0 Å². The third kappa shape index (κ3) is 1.64. The molecule has 0 radical (unpaired) electrons. The molecule has 0 spiro atoms. The average molecular weight is 243 g/mol. The molecule has 15 heavy (non-hydrogen) atoms. The van der Waals surface area contributed by atoms with Gasteiger partial charge in [0.2, 0.25) is 0 Å². The van der Waals surface area contributed by atoms with Crippen molar-refractivity contribution in [3.63, 3.8) is 0 Å². The lowest BCUT2D eigenvalue weighted by atomic mass is 10.1. The minimum Gasteiger partial charge on any atom is -0.422 e. The van der Waals surface area contributed by atoms with Crippen LogP contribution in [0.4, 0.5) is 0 Å². The fourth-order valence-electron chi connectivity index (χ4n) is 1.40. The molecule has 2 nitrogen and oxygen atoms in total. The predicted molar refractivity (Wildman–Crippen MR) is 62.0 cm³/mol. The van der Waals surface area contributed by atoms with Crippen molar-refractivity contribution in [3.05, 3.63) is 43.7 Å². The van der Waals surface area contributed by atoms with Crippen LogP contribution in [0.1, 0.15) is 11.1 Å². The highest BCUT2D eigenvalue weighted by molar-refractivity contribution is 6.44. The molecule has 2 rings (SSSR count). The topological polar surface area (TPSA) is 30.2 Å². The van der Waals surface area contributed by atoms with Crippen molar-refractivity contribution < 1.29 is 4.42 Å². The van der Waals surface area contributed by atoms with Crippen LogP contribution in [0, 0.1) is 13.8 Å². The molecule has 1 heterocycles. The number of rotatable bonds is 0. The summed E-state index contributed by atoms with van der Waals surface area (Å²) < 4.78 is 5.04. The van der Waals surface area contributed by atoms with Gasteiger partial charge in [0, 0.05) is 5.39 Å². The van der Waals surface area contributed by atoms with E-state index in [0.29, 0.717) is 11.0 Å². The van der Waals surface area contributed by atoms with E-state index in [9.17, 15) is 4.79 Å². The maximum absolute atomic E-state index is 11.3. The SMILES string of the molecule is Cc1cc2oc(=O)c(Cl)c(Cl)c2cc1C. The third-order valence-electron chi connectivity index (χ3n) is 2.41. The maximum Gasteiger partial charge on any atom is 0.356 e. The van der Waals surface area contributed by atoms with Gasteiger partial charge in [0.25, 0.3) is 0 Å². The number of hydrogen-bond acceptors (Lipinski definition) is 2. The molecule has 1 aromatic heterocycles. The molecule has 78 valence electrons. The molecule has 0 unspecified atom stereocenters. The Hall–Kier alpha value is -0.990. The molecule has 4 heteroatoms. The maximum atomic E-state index is 11.3. The minimum absolute atomic E-state index is 0.0626. The standard InChI is InChI=1S/C11H8Cl2O2/c1-5-3-7-8(4-6(5)2)15-11(14)10(13)9(7)12/h3-4H,1-2H3. The van der Waals surface area contributed by atoms with E-state index < -0.39 is 5.63 Å². The minimum atomic E-state index is -0.600. The predicted octanol–water partition coefficient (Wildman–Crippen LogP) is 3.72. The van der Waals surface area contributed by atoms with Crippen molar-refractivity contribution >= 4 is 34.2 Å². The fourth-order valence-corrected chi connectivity index (χ4v) is 1.76. The van der Waals surface area contributed by atoms with E-state index in [1.165, 1.54) is 0 Å². The largest absolute Gasteiger partial charge is 0.422 e. The normalized spacial score (nSPS) is 10.9. The molecule has 0 aliphatic heterocycles. The van der Waals surface area contributed by atoms with Crippen molar-refractivity contribution in [2.45, 2.75) is 13.8 Å². The summed E-state index contributed by atoms with van der Waals surface area (Å²) in [6.45, 7) is 3.90. The molecule has 0 fully saturated rings. The van der Waals surface area contributed by atoms with Crippen LogP contribution < -0.4 is 5.63 Å². The lowest BCUT2D eigenvalue weighted by molar-refractivity contribution is 0.561. The molecular weight excluding hydrogens is 235 g/mol. The van der Waals surface area contributed by atoms with Gasteiger partial charge >= 0.3 is 5.63 Å². The molecule has 0 atom stereocenters. The van der Waals surface area contributed by atoms with Gasteiger partial charge in [0.1, 0.15) is 10.6 Å². The summed E-state index contributed by atoms with van der Waals surface area (Å²) in [5, 5.41) is 0.864. The quantitative estimate of drug-likeness (QED) is 0.660. The van der Waals surface area contributed by atoms with Gasteiger partial charge in [0.05, 0.1) is 5.02 Å². The van der Waals surface area contributed by atoms with Gasteiger partial charge in [-0.25, -0.2) is 4.79 Å². The van der Waals surface area contributed by atoms with Gasteiger partial charge in [-0.1, -0.05) is 23.2 Å². The van der Waals surface area contributed by atoms with Crippen molar-refractivity contribution in [1.82, 2.24) is 0 Å². The third-order valence-corrected chi connectivity index (χ3v) is 3.24. The second-order valence-corrected chi connectivity index (χ2v) is 4.21. The van der Waals surface area contributed by atoms with E-state index in [-0.39, 0.29) is 10.0 Å². The average Bonchev–Trinajstić information content (AvgIpc) is 2.19. The zero-order valence-corrected chi connectivity index (χ0v) is 9.74. The van der Waals surface area contributed by atoms with E-state index in [1.807, 2.05) is 19.9 Å². The molecule has 0 amide bonds. The molecule has 0 aliphatic rings. The number of aryl methyl sites for hydroxylation is 2. The Morgan fingerprint density at radius 3 is 2.33 bits per heavy atom. The van der Waals surface area contributed by atoms with E-state index >= 15 is 0 Å². The number of halogens is 2. The summed E-state index contributed by atoms with van der Waals surface area (Å²) in [5.74, 6) is 0. The van der Waals surface area contributed by atoms with E-state index in [1.54, 1.807) is 6.07 Å². The first-order valence-electron chi connectivity index (χ1n) is 4.40. The van der Waals surface area contributed by atoms with Crippen LogP contribution >= 0.6 is 23.2 Å². The second-order valence-electron chi connectivity index (χ2n) is 3.45. The highest BCUT2D eigenvalue weighted by atomic mass is 35.5. The van der Waals surface area contributed by atoms with Crippen LogP contribution in [0.15, 0.2) is 21.3 Å². The first-order chi connectivity index (χ1) is 7.00. The van der Waals surface area contributed by atoms with Crippen LogP contribution in [-0.4, -0.2) is 0 Å². The Morgan fingerprint density at radius 2 is 1.67 bits per heavy atom. The lowest BCUT2D eigenvalue weighted by Gasteiger charge is -2.04. The highest BCUT2D eigenvalue weighted by Crippen LogP contribution is 2.29. The lowest BCUT2D eigenvalue weighted by Crippen LogP contribution is -2.00. The number of fused-ring (bicyclic) bond motifs is 1. The summed E-state index contributed by atoms with van der Waals surface area (Å²) >= 11 is 11.7. The number of benzene rings is 1.